The maximum absolute atomic E-state index is 13.7. The van der Waals surface area contributed by atoms with Crippen molar-refractivity contribution in [1.29, 1.82) is 5.26 Å². The van der Waals surface area contributed by atoms with Crippen molar-refractivity contribution in [1.82, 2.24) is 0 Å². The Morgan fingerprint density at radius 3 is 2.52 bits per heavy atom. The molecule has 108 valence electrons. The molecule has 0 unspecified atom stereocenters. The van der Waals surface area contributed by atoms with Crippen LogP contribution in [-0.2, 0) is 10.1 Å². The number of hydrogen-bond acceptors (Lipinski definition) is 4. The van der Waals surface area contributed by atoms with Gasteiger partial charge < -0.3 is 4.18 Å². The third-order valence-electron chi connectivity index (χ3n) is 2.62. The molecule has 7 heteroatoms. The molecule has 0 heterocycles. The average Bonchev–Trinajstić information content (AvgIpc) is 2.40. The number of halogens is 2. The summed E-state index contributed by atoms with van der Waals surface area (Å²) in [6.45, 7) is 1.64. The van der Waals surface area contributed by atoms with Crippen LogP contribution in [0.5, 0.6) is 5.75 Å². The van der Waals surface area contributed by atoms with Gasteiger partial charge >= 0.3 is 10.1 Å². The topological polar surface area (TPSA) is 67.2 Å². The Labute approximate surface area is 126 Å². The normalized spacial score (nSPS) is 11.0. The zero-order chi connectivity index (χ0) is 15.6. The summed E-state index contributed by atoms with van der Waals surface area (Å²) in [5.74, 6) is -1.07. The van der Waals surface area contributed by atoms with Gasteiger partial charge in [-0.1, -0.05) is 17.7 Å². The summed E-state index contributed by atoms with van der Waals surface area (Å²) < 4.78 is 42.7. The van der Waals surface area contributed by atoms with Crippen molar-refractivity contribution in [2.45, 2.75) is 11.8 Å². The van der Waals surface area contributed by atoms with Crippen LogP contribution in [0.25, 0.3) is 0 Å². The minimum atomic E-state index is -4.35. The highest BCUT2D eigenvalue weighted by Gasteiger charge is 2.22. The molecule has 0 aliphatic carbocycles. The van der Waals surface area contributed by atoms with Gasteiger partial charge in [0.25, 0.3) is 0 Å². The highest BCUT2D eigenvalue weighted by atomic mass is 35.5. The summed E-state index contributed by atoms with van der Waals surface area (Å²) in [6.07, 6.45) is 0. The van der Waals surface area contributed by atoms with Gasteiger partial charge in [0, 0.05) is 0 Å². The number of benzene rings is 2. The van der Waals surface area contributed by atoms with E-state index in [4.69, 9.17) is 21.0 Å². The fourth-order valence-electron chi connectivity index (χ4n) is 1.61. The molecule has 0 atom stereocenters. The molecule has 2 aromatic carbocycles. The van der Waals surface area contributed by atoms with Gasteiger partial charge in [-0.05, 0) is 42.8 Å². The van der Waals surface area contributed by atoms with E-state index < -0.39 is 20.8 Å². The predicted octanol–water partition coefficient (Wildman–Crippen LogP) is 3.43. The van der Waals surface area contributed by atoms with Gasteiger partial charge in [0.2, 0.25) is 0 Å². The fourth-order valence-corrected chi connectivity index (χ4v) is 2.88. The van der Waals surface area contributed by atoms with Gasteiger partial charge in [-0.25, -0.2) is 4.39 Å². The Morgan fingerprint density at radius 1 is 1.24 bits per heavy atom. The van der Waals surface area contributed by atoms with Crippen molar-refractivity contribution in [3.05, 3.63) is 58.4 Å². The molecule has 4 nitrogen and oxygen atoms in total. The van der Waals surface area contributed by atoms with Crippen LogP contribution in [0.2, 0.25) is 5.02 Å². The Balaban J connectivity index is 2.40. The van der Waals surface area contributed by atoms with Crippen LogP contribution in [0.1, 0.15) is 11.1 Å². The van der Waals surface area contributed by atoms with Crippen LogP contribution in [-0.4, -0.2) is 8.42 Å². The average molecular weight is 326 g/mol. The molecule has 0 aliphatic rings. The summed E-state index contributed by atoms with van der Waals surface area (Å²) in [6, 6.07) is 9.38. The predicted molar refractivity (Wildman–Crippen MR) is 75.1 cm³/mol. The van der Waals surface area contributed by atoms with Crippen LogP contribution in [0, 0.1) is 24.1 Å². The molecule has 0 saturated heterocycles. The third-order valence-corrected chi connectivity index (χ3v) is 4.18. The summed E-state index contributed by atoms with van der Waals surface area (Å²) in [4.78, 5) is -0.575. The second kappa shape index (κ2) is 5.72. The zero-order valence-electron chi connectivity index (χ0n) is 10.8. The van der Waals surface area contributed by atoms with E-state index in [-0.39, 0.29) is 16.3 Å². The highest BCUT2D eigenvalue weighted by Crippen LogP contribution is 2.29. The van der Waals surface area contributed by atoms with Gasteiger partial charge in [-0.2, -0.15) is 13.7 Å². The first-order valence-electron chi connectivity index (χ1n) is 5.74. The highest BCUT2D eigenvalue weighted by molar-refractivity contribution is 7.87. The first-order valence-corrected chi connectivity index (χ1v) is 7.52. The van der Waals surface area contributed by atoms with Crippen molar-refractivity contribution in [2.75, 3.05) is 0 Å². The first-order chi connectivity index (χ1) is 9.83. The fraction of sp³-hybridized carbons (Fsp3) is 0.0714. The van der Waals surface area contributed by atoms with E-state index in [9.17, 15) is 12.8 Å². The molecular weight excluding hydrogens is 317 g/mol. The van der Waals surface area contributed by atoms with Gasteiger partial charge in [-0.15, -0.1) is 0 Å². The van der Waals surface area contributed by atoms with E-state index in [0.29, 0.717) is 5.56 Å². The Hall–Kier alpha value is -2.10. The van der Waals surface area contributed by atoms with E-state index in [0.717, 1.165) is 12.1 Å². The Kier molecular flexibility index (Phi) is 4.16. The van der Waals surface area contributed by atoms with Crippen LogP contribution in [0.4, 0.5) is 4.39 Å². The summed E-state index contributed by atoms with van der Waals surface area (Å²) in [5, 5.41) is 8.66. The molecular formula is C14H9ClFNO3S. The zero-order valence-corrected chi connectivity index (χ0v) is 12.4. The number of nitriles is 1. The van der Waals surface area contributed by atoms with Crippen molar-refractivity contribution in [3.8, 4) is 11.8 Å². The van der Waals surface area contributed by atoms with E-state index >= 15 is 0 Å². The molecule has 0 spiro atoms. The lowest BCUT2D eigenvalue weighted by atomic mass is 10.2. The molecule has 0 fully saturated rings. The van der Waals surface area contributed by atoms with Crippen LogP contribution in [0.15, 0.2) is 41.3 Å². The van der Waals surface area contributed by atoms with E-state index in [1.165, 1.54) is 24.3 Å². The number of rotatable bonds is 3. The molecule has 0 bridgehead atoms. The third kappa shape index (κ3) is 3.32. The van der Waals surface area contributed by atoms with Crippen molar-refractivity contribution >= 4 is 21.7 Å². The summed E-state index contributed by atoms with van der Waals surface area (Å²) >= 11 is 5.83. The number of nitrogens with zero attached hydrogens (tertiary/aromatic N) is 1. The minimum absolute atomic E-state index is 0.0508. The maximum atomic E-state index is 13.7. The monoisotopic (exact) mass is 325 g/mol. The SMILES string of the molecule is Cc1ccc(S(=O)(=O)Oc2ccc(C#N)cc2Cl)c(F)c1. The van der Waals surface area contributed by atoms with E-state index in [2.05, 4.69) is 0 Å². The summed E-state index contributed by atoms with van der Waals surface area (Å²) in [5.41, 5.74) is 0.842. The lowest BCUT2D eigenvalue weighted by Crippen LogP contribution is -2.12. The molecule has 0 amide bonds. The van der Waals surface area contributed by atoms with Gasteiger partial charge in [0.05, 0.1) is 16.7 Å². The molecule has 0 aliphatic heterocycles. The number of hydrogen-bond donors (Lipinski definition) is 0. The van der Waals surface area contributed by atoms with E-state index in [1.54, 1.807) is 6.92 Å². The second-order valence-electron chi connectivity index (χ2n) is 4.23. The minimum Gasteiger partial charge on any atom is -0.377 e. The number of aryl methyl sites for hydroxylation is 1. The Bertz CT molecular complexity index is 844. The van der Waals surface area contributed by atoms with Crippen LogP contribution < -0.4 is 4.18 Å². The van der Waals surface area contributed by atoms with Crippen molar-refractivity contribution < 1.29 is 17.0 Å². The maximum Gasteiger partial charge on any atom is 0.342 e. The second-order valence-corrected chi connectivity index (χ2v) is 6.15. The van der Waals surface area contributed by atoms with Crippen LogP contribution >= 0.6 is 11.6 Å². The molecule has 0 N–H and O–H groups in total. The molecule has 2 aromatic rings. The lowest BCUT2D eigenvalue weighted by molar-refractivity contribution is 0.476. The van der Waals surface area contributed by atoms with Gasteiger partial charge in [0.1, 0.15) is 10.7 Å². The van der Waals surface area contributed by atoms with Gasteiger partial charge in [-0.3, -0.25) is 0 Å². The van der Waals surface area contributed by atoms with Crippen molar-refractivity contribution in [3.63, 3.8) is 0 Å². The van der Waals surface area contributed by atoms with Gasteiger partial charge in [0.15, 0.2) is 5.75 Å². The van der Waals surface area contributed by atoms with Crippen molar-refractivity contribution in [2.24, 2.45) is 0 Å². The summed E-state index contributed by atoms with van der Waals surface area (Å²) in [7, 11) is -4.35. The molecule has 0 radical (unpaired) electrons. The molecule has 21 heavy (non-hydrogen) atoms. The van der Waals surface area contributed by atoms with Crippen LogP contribution in [0.3, 0.4) is 0 Å². The standard InChI is InChI=1S/C14H9ClFNO3S/c1-9-2-5-14(12(16)6-9)21(18,19)20-13-4-3-10(8-17)7-11(13)15/h2-7H,1H3. The first kappa shape index (κ1) is 15.3. The largest absolute Gasteiger partial charge is 0.377 e. The quantitative estimate of drug-likeness (QED) is 0.811. The molecule has 2 rings (SSSR count). The lowest BCUT2D eigenvalue weighted by Gasteiger charge is -2.09. The Morgan fingerprint density at radius 2 is 1.95 bits per heavy atom. The molecule has 0 saturated carbocycles. The molecule has 0 aromatic heterocycles. The van der Waals surface area contributed by atoms with E-state index in [1.807, 2.05) is 6.07 Å². The smallest absolute Gasteiger partial charge is 0.342 e.